The Morgan fingerprint density at radius 3 is 2.89 bits per heavy atom. The normalized spacial score (nSPS) is 29.0. The summed E-state index contributed by atoms with van der Waals surface area (Å²) in [6.45, 7) is 2.06. The highest BCUT2D eigenvalue weighted by Crippen LogP contribution is 2.33. The first-order chi connectivity index (χ1) is 9.25. The van der Waals surface area contributed by atoms with Gasteiger partial charge in [-0.25, -0.2) is 4.98 Å². The Morgan fingerprint density at radius 1 is 1.32 bits per heavy atom. The summed E-state index contributed by atoms with van der Waals surface area (Å²) in [7, 11) is 2.04. The van der Waals surface area contributed by atoms with Crippen LogP contribution in [-0.4, -0.2) is 32.8 Å². The van der Waals surface area contributed by atoms with Crippen LogP contribution in [0, 0.1) is 5.92 Å². The van der Waals surface area contributed by atoms with Crippen LogP contribution in [0.3, 0.4) is 0 Å². The van der Waals surface area contributed by atoms with E-state index in [1.54, 1.807) is 0 Å². The van der Waals surface area contributed by atoms with Crippen molar-refractivity contribution in [2.24, 2.45) is 13.0 Å². The van der Waals surface area contributed by atoms with Crippen LogP contribution < -0.4 is 0 Å². The zero-order chi connectivity index (χ0) is 13.2. The summed E-state index contributed by atoms with van der Waals surface area (Å²) in [5.74, 6) is 0.801. The number of aryl methyl sites for hydroxylation is 1. The zero-order valence-corrected chi connectivity index (χ0v) is 11.7. The van der Waals surface area contributed by atoms with Crippen molar-refractivity contribution in [3.05, 3.63) is 18.2 Å². The van der Waals surface area contributed by atoms with E-state index in [0.717, 1.165) is 32.4 Å². The number of rotatable bonds is 3. The Hall–Kier alpha value is -1.16. The van der Waals surface area contributed by atoms with Gasteiger partial charge in [-0.3, -0.25) is 9.69 Å². The minimum atomic E-state index is 0.300. The quantitative estimate of drug-likeness (QED) is 0.836. The van der Waals surface area contributed by atoms with Gasteiger partial charge in [0, 0.05) is 38.2 Å². The highest BCUT2D eigenvalue weighted by molar-refractivity contribution is 5.83. The second-order valence-electron chi connectivity index (χ2n) is 5.99. The molecule has 2 unspecified atom stereocenters. The Balaban J connectivity index is 1.74. The van der Waals surface area contributed by atoms with Gasteiger partial charge in [0.05, 0.1) is 12.0 Å². The topological polar surface area (TPSA) is 38.1 Å². The second kappa shape index (κ2) is 5.45. The minimum Gasteiger partial charge on any atom is -0.337 e. The predicted octanol–water partition coefficient (Wildman–Crippen LogP) is 2.14. The van der Waals surface area contributed by atoms with Crippen molar-refractivity contribution in [3.63, 3.8) is 0 Å². The Labute approximate surface area is 114 Å². The first-order valence-corrected chi connectivity index (χ1v) is 7.47. The Bertz CT molecular complexity index is 454. The lowest BCUT2D eigenvalue weighted by molar-refractivity contribution is -0.123. The third-order valence-electron chi connectivity index (χ3n) is 4.76. The highest BCUT2D eigenvalue weighted by atomic mass is 16.1. The summed E-state index contributed by atoms with van der Waals surface area (Å²) >= 11 is 0. The van der Waals surface area contributed by atoms with Gasteiger partial charge in [-0.1, -0.05) is 6.42 Å². The van der Waals surface area contributed by atoms with Gasteiger partial charge in [0.2, 0.25) is 0 Å². The van der Waals surface area contributed by atoms with Crippen LogP contribution in [0.25, 0.3) is 0 Å². The molecule has 1 aliphatic carbocycles. The van der Waals surface area contributed by atoms with Gasteiger partial charge in [0.15, 0.2) is 0 Å². The van der Waals surface area contributed by atoms with Gasteiger partial charge in [-0.2, -0.15) is 0 Å². The van der Waals surface area contributed by atoms with Crippen LogP contribution in [0.2, 0.25) is 0 Å². The van der Waals surface area contributed by atoms with Crippen molar-refractivity contribution < 1.29 is 4.79 Å². The maximum Gasteiger partial charge on any atom is 0.137 e. The standard InChI is InChI=1S/C15H23N3O/c1-17-11-16-9-12(17)10-18-8-3-2-6-14(18)13-5-4-7-15(13)19/h9,11,13-14H,2-8,10H2,1H3. The smallest absolute Gasteiger partial charge is 0.137 e. The molecular weight excluding hydrogens is 238 g/mol. The predicted molar refractivity (Wildman–Crippen MR) is 73.6 cm³/mol. The van der Waals surface area contributed by atoms with Crippen molar-refractivity contribution in [1.82, 2.24) is 14.5 Å². The lowest BCUT2D eigenvalue weighted by Gasteiger charge is -2.38. The third kappa shape index (κ3) is 2.59. The molecule has 2 aliphatic rings. The van der Waals surface area contributed by atoms with Gasteiger partial charge >= 0.3 is 0 Å². The van der Waals surface area contributed by atoms with Crippen molar-refractivity contribution in [1.29, 1.82) is 0 Å². The number of hydrogen-bond donors (Lipinski definition) is 0. The fraction of sp³-hybridized carbons (Fsp3) is 0.733. The van der Waals surface area contributed by atoms with E-state index >= 15 is 0 Å². The summed E-state index contributed by atoms with van der Waals surface area (Å²) in [5.41, 5.74) is 1.25. The number of aromatic nitrogens is 2. The van der Waals surface area contributed by atoms with Gasteiger partial charge in [0.25, 0.3) is 0 Å². The molecular formula is C15H23N3O. The van der Waals surface area contributed by atoms with Crippen molar-refractivity contribution >= 4 is 5.78 Å². The molecule has 4 heteroatoms. The van der Waals surface area contributed by atoms with E-state index in [-0.39, 0.29) is 0 Å². The maximum absolute atomic E-state index is 12.0. The molecule has 2 heterocycles. The average molecular weight is 261 g/mol. The zero-order valence-electron chi connectivity index (χ0n) is 11.7. The first-order valence-electron chi connectivity index (χ1n) is 7.47. The molecule has 104 valence electrons. The molecule has 1 saturated carbocycles. The van der Waals surface area contributed by atoms with Crippen LogP contribution in [0.15, 0.2) is 12.5 Å². The number of hydrogen-bond acceptors (Lipinski definition) is 3. The van der Waals surface area contributed by atoms with Gasteiger partial charge in [0.1, 0.15) is 5.78 Å². The third-order valence-corrected chi connectivity index (χ3v) is 4.76. The molecule has 0 bridgehead atoms. The largest absolute Gasteiger partial charge is 0.337 e. The molecule has 0 radical (unpaired) electrons. The van der Waals surface area contributed by atoms with E-state index in [9.17, 15) is 4.79 Å². The number of carbonyl (C=O) groups is 1. The molecule has 3 rings (SSSR count). The van der Waals surface area contributed by atoms with Gasteiger partial charge in [-0.15, -0.1) is 0 Å². The van der Waals surface area contributed by atoms with Crippen LogP contribution in [0.1, 0.15) is 44.2 Å². The summed E-state index contributed by atoms with van der Waals surface area (Å²) in [6, 6.07) is 0.471. The molecule has 1 saturated heterocycles. The fourth-order valence-electron chi connectivity index (χ4n) is 3.66. The van der Waals surface area contributed by atoms with Crippen LogP contribution in [0.5, 0.6) is 0 Å². The summed E-state index contributed by atoms with van der Waals surface area (Å²) < 4.78 is 2.09. The highest BCUT2D eigenvalue weighted by Gasteiger charge is 2.36. The molecule has 0 spiro atoms. The molecule has 2 fully saturated rings. The minimum absolute atomic E-state index is 0.300. The van der Waals surface area contributed by atoms with E-state index < -0.39 is 0 Å². The second-order valence-corrected chi connectivity index (χ2v) is 5.99. The number of nitrogens with zero attached hydrogens (tertiary/aromatic N) is 3. The lowest BCUT2D eigenvalue weighted by atomic mass is 9.88. The molecule has 1 aliphatic heterocycles. The first kappa shape index (κ1) is 12.9. The maximum atomic E-state index is 12.0. The van der Waals surface area contributed by atoms with Crippen LogP contribution in [-0.2, 0) is 18.4 Å². The fourth-order valence-corrected chi connectivity index (χ4v) is 3.66. The molecule has 2 atom stereocenters. The molecule has 19 heavy (non-hydrogen) atoms. The molecule has 0 amide bonds. The van der Waals surface area contributed by atoms with E-state index in [4.69, 9.17) is 0 Å². The Morgan fingerprint density at radius 2 is 2.21 bits per heavy atom. The number of Topliss-reactive ketones (excluding diaryl/α,β-unsaturated/α-hetero) is 1. The van der Waals surface area contributed by atoms with Crippen molar-refractivity contribution in [2.75, 3.05) is 6.54 Å². The number of carbonyl (C=O) groups excluding carboxylic acids is 1. The summed E-state index contributed by atoms with van der Waals surface area (Å²) in [4.78, 5) is 18.8. The van der Waals surface area contributed by atoms with Crippen molar-refractivity contribution in [3.8, 4) is 0 Å². The van der Waals surface area contributed by atoms with Crippen LogP contribution >= 0.6 is 0 Å². The van der Waals surface area contributed by atoms with E-state index in [0.29, 0.717) is 17.7 Å². The van der Waals surface area contributed by atoms with E-state index in [1.807, 2.05) is 19.6 Å². The molecule has 4 nitrogen and oxygen atoms in total. The number of piperidine rings is 1. The van der Waals surface area contributed by atoms with Gasteiger partial charge in [-0.05, 0) is 32.2 Å². The number of likely N-dealkylation sites (tertiary alicyclic amines) is 1. The molecule has 1 aromatic heterocycles. The summed E-state index contributed by atoms with van der Waals surface area (Å²) in [5, 5.41) is 0. The number of imidazole rings is 1. The van der Waals surface area contributed by atoms with E-state index in [2.05, 4.69) is 14.5 Å². The Kier molecular flexibility index (Phi) is 3.69. The molecule has 1 aromatic rings. The SMILES string of the molecule is Cn1cncc1CN1CCCCC1C1CCCC1=O. The lowest BCUT2D eigenvalue weighted by Crippen LogP contribution is -2.45. The van der Waals surface area contributed by atoms with E-state index in [1.165, 1.54) is 25.0 Å². The van der Waals surface area contributed by atoms with Crippen molar-refractivity contribution in [2.45, 2.75) is 51.1 Å². The van der Waals surface area contributed by atoms with Crippen LogP contribution in [0.4, 0.5) is 0 Å². The number of ketones is 1. The van der Waals surface area contributed by atoms with Gasteiger partial charge < -0.3 is 4.57 Å². The average Bonchev–Trinajstić information content (AvgIpc) is 3.00. The molecule has 0 aromatic carbocycles. The molecule has 0 N–H and O–H groups in total. The summed E-state index contributed by atoms with van der Waals surface area (Å²) in [6.07, 6.45) is 10.5. The monoisotopic (exact) mass is 261 g/mol.